The normalized spacial score (nSPS) is 10.6. The van der Waals surface area contributed by atoms with E-state index >= 15 is 0 Å². The second kappa shape index (κ2) is 5.77. The molecule has 2 aromatic rings. The quantitative estimate of drug-likeness (QED) is 0.832. The van der Waals surface area contributed by atoms with E-state index in [1.54, 1.807) is 4.90 Å². The van der Waals surface area contributed by atoms with Gasteiger partial charge in [-0.15, -0.1) is 11.3 Å². The molecule has 2 rings (SSSR count). The fourth-order valence-corrected chi connectivity index (χ4v) is 2.24. The largest absolute Gasteiger partial charge is 0.337 e. The predicted octanol–water partition coefficient (Wildman–Crippen LogP) is 2.36. The van der Waals surface area contributed by atoms with Crippen LogP contribution in [0.2, 0.25) is 0 Å². The van der Waals surface area contributed by atoms with Crippen LogP contribution in [-0.4, -0.2) is 27.5 Å². The van der Waals surface area contributed by atoms with E-state index < -0.39 is 0 Å². The third kappa shape index (κ3) is 2.76. The summed E-state index contributed by atoms with van der Waals surface area (Å²) in [6, 6.07) is 3.69. The summed E-state index contributed by atoms with van der Waals surface area (Å²) in [5.41, 5.74) is 0. The van der Waals surface area contributed by atoms with Gasteiger partial charge in [0.05, 0.1) is 4.88 Å². The highest BCUT2D eigenvalue weighted by Gasteiger charge is 2.18. The Hall–Kier alpha value is -1.69. The van der Waals surface area contributed by atoms with Crippen LogP contribution in [0.1, 0.15) is 35.2 Å². The minimum absolute atomic E-state index is 0.00347. The van der Waals surface area contributed by atoms with Crippen LogP contribution in [0, 0.1) is 0 Å². The van der Waals surface area contributed by atoms with Gasteiger partial charge >= 0.3 is 0 Å². The number of thiophene rings is 1. The summed E-state index contributed by atoms with van der Waals surface area (Å²) in [4.78, 5) is 18.8. The van der Waals surface area contributed by atoms with Crippen LogP contribution in [0.3, 0.4) is 0 Å². The first-order valence-electron chi connectivity index (χ1n) is 5.88. The minimum atomic E-state index is 0.00347. The second-order valence-electron chi connectivity index (χ2n) is 3.75. The first-order valence-corrected chi connectivity index (χ1v) is 6.76. The molecule has 0 spiro atoms. The van der Waals surface area contributed by atoms with Crippen LogP contribution in [-0.2, 0) is 13.0 Å². The number of carbonyl (C=O) groups is 1. The molecule has 0 radical (unpaired) electrons. The summed E-state index contributed by atoms with van der Waals surface area (Å²) in [5, 5.41) is 5.71. The van der Waals surface area contributed by atoms with Crippen LogP contribution < -0.4 is 0 Å². The van der Waals surface area contributed by atoms with Crippen LogP contribution >= 0.6 is 11.3 Å². The molecule has 6 heteroatoms. The van der Waals surface area contributed by atoms with E-state index in [0.717, 1.165) is 11.3 Å². The van der Waals surface area contributed by atoms with Gasteiger partial charge in [-0.2, -0.15) is 4.98 Å². The molecule has 0 aromatic carbocycles. The number of hydrogen-bond donors (Lipinski definition) is 0. The fraction of sp³-hybridized carbons (Fsp3) is 0.417. The lowest BCUT2D eigenvalue weighted by atomic mass is 10.3. The van der Waals surface area contributed by atoms with Crippen molar-refractivity contribution in [2.45, 2.75) is 26.8 Å². The maximum absolute atomic E-state index is 12.2. The minimum Gasteiger partial charge on any atom is -0.337 e. The number of amides is 1. The summed E-state index contributed by atoms with van der Waals surface area (Å²) in [6.45, 7) is 4.87. The van der Waals surface area contributed by atoms with Crippen molar-refractivity contribution in [1.82, 2.24) is 15.0 Å². The predicted molar refractivity (Wildman–Crippen MR) is 68.4 cm³/mol. The average Bonchev–Trinajstić information content (AvgIpc) is 3.06. The summed E-state index contributed by atoms with van der Waals surface area (Å²) in [5.74, 6) is 1.16. The van der Waals surface area contributed by atoms with Crippen LogP contribution in [0.25, 0.3) is 0 Å². The lowest BCUT2D eigenvalue weighted by Crippen LogP contribution is -2.29. The fourth-order valence-electron chi connectivity index (χ4n) is 1.54. The second-order valence-corrected chi connectivity index (χ2v) is 4.70. The molecule has 0 unspecified atom stereocenters. The molecule has 0 saturated heterocycles. The molecule has 0 N–H and O–H groups in total. The molecule has 0 fully saturated rings. The number of aryl methyl sites for hydroxylation is 1. The maximum Gasteiger partial charge on any atom is 0.264 e. The molecule has 1 amide bonds. The van der Waals surface area contributed by atoms with E-state index in [9.17, 15) is 4.79 Å². The Morgan fingerprint density at radius 2 is 2.33 bits per heavy atom. The Kier molecular flexibility index (Phi) is 4.09. The van der Waals surface area contributed by atoms with Gasteiger partial charge in [-0.05, 0) is 18.4 Å². The first kappa shape index (κ1) is 12.8. The third-order valence-corrected chi connectivity index (χ3v) is 3.41. The van der Waals surface area contributed by atoms with Crippen molar-refractivity contribution >= 4 is 17.2 Å². The van der Waals surface area contributed by atoms with Gasteiger partial charge in [0, 0.05) is 13.0 Å². The summed E-state index contributed by atoms with van der Waals surface area (Å²) >= 11 is 1.44. The number of hydrogen-bond acceptors (Lipinski definition) is 5. The Morgan fingerprint density at radius 1 is 1.50 bits per heavy atom. The molecule has 18 heavy (non-hydrogen) atoms. The molecule has 0 aliphatic heterocycles. The number of aromatic nitrogens is 2. The Balaban J connectivity index is 2.07. The van der Waals surface area contributed by atoms with Gasteiger partial charge in [0.1, 0.15) is 6.54 Å². The Bertz CT molecular complexity index is 507. The van der Waals surface area contributed by atoms with Gasteiger partial charge in [-0.3, -0.25) is 4.79 Å². The van der Waals surface area contributed by atoms with Crippen LogP contribution in [0.15, 0.2) is 22.0 Å². The monoisotopic (exact) mass is 265 g/mol. The van der Waals surface area contributed by atoms with Gasteiger partial charge in [0.15, 0.2) is 5.82 Å². The van der Waals surface area contributed by atoms with E-state index in [4.69, 9.17) is 4.52 Å². The van der Waals surface area contributed by atoms with Crippen molar-refractivity contribution in [3.8, 4) is 0 Å². The highest BCUT2D eigenvalue weighted by molar-refractivity contribution is 7.12. The number of nitrogens with zero attached hydrogens (tertiary/aromatic N) is 3. The highest BCUT2D eigenvalue weighted by atomic mass is 32.1. The third-order valence-electron chi connectivity index (χ3n) is 2.55. The SMILES string of the molecule is CCc1noc(CN(CC)C(=O)c2cccs2)n1. The van der Waals surface area contributed by atoms with Crippen molar-refractivity contribution in [3.63, 3.8) is 0 Å². The van der Waals surface area contributed by atoms with Crippen molar-refractivity contribution < 1.29 is 9.32 Å². The van der Waals surface area contributed by atoms with Crippen molar-refractivity contribution in [2.24, 2.45) is 0 Å². The molecule has 5 nitrogen and oxygen atoms in total. The molecule has 2 heterocycles. The standard InChI is InChI=1S/C12H15N3O2S/c1-3-10-13-11(17-14-10)8-15(4-2)12(16)9-6-5-7-18-9/h5-7H,3-4,8H2,1-2H3. The molecule has 0 aliphatic carbocycles. The van der Waals surface area contributed by atoms with Crippen molar-refractivity contribution in [2.75, 3.05) is 6.54 Å². The Morgan fingerprint density at radius 3 is 2.89 bits per heavy atom. The number of rotatable bonds is 5. The molecule has 0 atom stereocenters. The highest BCUT2D eigenvalue weighted by Crippen LogP contribution is 2.13. The van der Waals surface area contributed by atoms with E-state index in [1.165, 1.54) is 11.3 Å². The zero-order valence-corrected chi connectivity index (χ0v) is 11.2. The molecule has 0 bridgehead atoms. The van der Waals surface area contributed by atoms with Crippen molar-refractivity contribution in [1.29, 1.82) is 0 Å². The van der Waals surface area contributed by atoms with Crippen LogP contribution in [0.4, 0.5) is 0 Å². The van der Waals surface area contributed by atoms with Crippen LogP contribution in [0.5, 0.6) is 0 Å². The zero-order valence-electron chi connectivity index (χ0n) is 10.4. The lowest BCUT2D eigenvalue weighted by Gasteiger charge is -2.17. The van der Waals surface area contributed by atoms with Crippen molar-refractivity contribution in [3.05, 3.63) is 34.1 Å². The summed E-state index contributed by atoms with van der Waals surface area (Å²) in [7, 11) is 0. The van der Waals surface area contributed by atoms with E-state index in [-0.39, 0.29) is 5.91 Å². The molecule has 96 valence electrons. The summed E-state index contributed by atoms with van der Waals surface area (Å²) in [6.07, 6.45) is 0.731. The van der Waals surface area contributed by atoms with Gasteiger partial charge in [0.25, 0.3) is 5.91 Å². The topological polar surface area (TPSA) is 59.2 Å². The van der Waals surface area contributed by atoms with Gasteiger partial charge in [-0.25, -0.2) is 0 Å². The van der Waals surface area contributed by atoms with E-state index in [0.29, 0.717) is 24.8 Å². The van der Waals surface area contributed by atoms with Gasteiger partial charge < -0.3 is 9.42 Å². The summed E-state index contributed by atoms with van der Waals surface area (Å²) < 4.78 is 5.10. The molecule has 2 aromatic heterocycles. The number of carbonyl (C=O) groups excluding carboxylic acids is 1. The molecular formula is C12H15N3O2S. The molecule has 0 aliphatic rings. The maximum atomic E-state index is 12.2. The first-order chi connectivity index (χ1) is 8.74. The smallest absolute Gasteiger partial charge is 0.264 e. The lowest BCUT2D eigenvalue weighted by molar-refractivity contribution is 0.0739. The van der Waals surface area contributed by atoms with Gasteiger partial charge in [0.2, 0.25) is 5.89 Å². The van der Waals surface area contributed by atoms with Gasteiger partial charge in [-0.1, -0.05) is 18.1 Å². The van der Waals surface area contributed by atoms with E-state index in [2.05, 4.69) is 10.1 Å². The average molecular weight is 265 g/mol. The van der Waals surface area contributed by atoms with E-state index in [1.807, 2.05) is 31.4 Å². The Labute approximate surface area is 109 Å². The zero-order chi connectivity index (χ0) is 13.0. The molecule has 0 saturated carbocycles. The molecular weight excluding hydrogens is 250 g/mol.